The number of fused-ring (bicyclic) bond motifs is 1. The Kier molecular flexibility index (Phi) is 7.26. The summed E-state index contributed by atoms with van der Waals surface area (Å²) in [6.45, 7) is 5.77. The maximum atomic E-state index is 13.4. The highest BCUT2D eigenvalue weighted by Gasteiger charge is 2.34. The number of aliphatic hydroxyl groups excluding tert-OH is 1. The molecule has 2 aromatic heterocycles. The minimum Gasteiger partial charge on any atom is -0.472 e. The fourth-order valence-electron chi connectivity index (χ4n) is 3.97. The van der Waals surface area contributed by atoms with Crippen molar-refractivity contribution in [2.45, 2.75) is 45.4 Å². The number of carbonyl (C=O) groups excluding carboxylic acids is 1. The van der Waals surface area contributed by atoms with Crippen molar-refractivity contribution in [3.05, 3.63) is 53.5 Å². The summed E-state index contributed by atoms with van der Waals surface area (Å²) in [5.74, 6) is 7.05. The molecule has 0 bridgehead atoms. The highest BCUT2D eigenvalue weighted by Crippen LogP contribution is 2.29. The van der Waals surface area contributed by atoms with Gasteiger partial charge in [0.25, 0.3) is 5.91 Å². The fourth-order valence-corrected chi connectivity index (χ4v) is 3.97. The van der Waals surface area contributed by atoms with Gasteiger partial charge in [0, 0.05) is 55.6 Å². The number of rotatable bonds is 6. The van der Waals surface area contributed by atoms with Crippen LogP contribution in [-0.2, 0) is 6.54 Å². The number of carbonyl (C=O) groups is 1. The van der Waals surface area contributed by atoms with Gasteiger partial charge in [0.05, 0.1) is 12.6 Å². The smallest absolute Gasteiger partial charge is 0.259 e. The van der Waals surface area contributed by atoms with E-state index in [9.17, 15) is 9.90 Å². The average molecular weight is 449 g/mol. The van der Waals surface area contributed by atoms with Crippen LogP contribution in [-0.4, -0.2) is 69.7 Å². The van der Waals surface area contributed by atoms with Crippen molar-refractivity contribution < 1.29 is 14.6 Å². The molecule has 1 aliphatic heterocycles. The molecule has 7 nitrogen and oxygen atoms in total. The van der Waals surface area contributed by atoms with Gasteiger partial charge in [0.1, 0.15) is 11.7 Å². The van der Waals surface area contributed by atoms with Gasteiger partial charge in [-0.1, -0.05) is 18.8 Å². The second-order valence-electron chi connectivity index (χ2n) is 9.30. The van der Waals surface area contributed by atoms with Crippen molar-refractivity contribution in [2.24, 2.45) is 11.8 Å². The molecule has 1 saturated carbocycles. The zero-order valence-electron chi connectivity index (χ0n) is 19.6. The zero-order valence-corrected chi connectivity index (χ0v) is 19.6. The van der Waals surface area contributed by atoms with Crippen molar-refractivity contribution in [3.63, 3.8) is 0 Å². The summed E-state index contributed by atoms with van der Waals surface area (Å²) in [5.41, 5.74) is 2.30. The highest BCUT2D eigenvalue weighted by atomic mass is 16.5. The summed E-state index contributed by atoms with van der Waals surface area (Å²) in [4.78, 5) is 26.0. The summed E-state index contributed by atoms with van der Waals surface area (Å²) in [5, 5.41) is 9.81. The number of aromatic nitrogens is 2. The van der Waals surface area contributed by atoms with Gasteiger partial charge in [-0.15, -0.1) is 0 Å². The third-order valence-corrected chi connectivity index (χ3v) is 6.21. The van der Waals surface area contributed by atoms with Gasteiger partial charge in [0.15, 0.2) is 0 Å². The Bertz CT molecular complexity index is 1030. The van der Waals surface area contributed by atoms with Gasteiger partial charge in [-0.2, -0.15) is 0 Å². The summed E-state index contributed by atoms with van der Waals surface area (Å²) in [6, 6.07) is 5.49. The first-order chi connectivity index (χ1) is 15.9. The number of nitrogens with zero attached hydrogens (tertiary/aromatic N) is 4. The van der Waals surface area contributed by atoms with E-state index in [2.05, 4.69) is 40.7 Å². The van der Waals surface area contributed by atoms with Crippen LogP contribution in [0.4, 0.5) is 0 Å². The van der Waals surface area contributed by atoms with E-state index in [4.69, 9.17) is 4.74 Å². The third kappa shape index (κ3) is 5.89. The molecule has 33 heavy (non-hydrogen) atoms. The van der Waals surface area contributed by atoms with Gasteiger partial charge >= 0.3 is 0 Å². The van der Waals surface area contributed by atoms with E-state index in [1.165, 1.54) is 5.56 Å². The molecule has 3 heterocycles. The number of ether oxygens (including phenoxy) is 1. The lowest BCUT2D eigenvalue weighted by molar-refractivity contribution is 0.0325. The standard InChI is InChI=1S/C26H32N4O3/c1-18-14-30(19(2)17-31)26(32)23-12-22(7-6-20-4-5-20)13-28-25(23)33-24(18)16-29(3)15-21-8-10-27-11-9-21/h8-13,18-20,24,31H,4-5,14-17H2,1-3H3/t18-,19-,24-/m1/s1. The number of likely N-dealkylation sites (N-methyl/N-ethyl adjacent to an activating group) is 1. The summed E-state index contributed by atoms with van der Waals surface area (Å²) in [7, 11) is 2.06. The van der Waals surface area contributed by atoms with Crippen LogP contribution in [0.3, 0.4) is 0 Å². The predicted molar refractivity (Wildman–Crippen MR) is 126 cm³/mol. The van der Waals surface area contributed by atoms with Gasteiger partial charge in [0.2, 0.25) is 5.88 Å². The number of pyridine rings is 2. The number of hydrogen-bond acceptors (Lipinski definition) is 6. The van der Waals surface area contributed by atoms with Crippen molar-refractivity contribution in [3.8, 4) is 17.7 Å². The van der Waals surface area contributed by atoms with Crippen LogP contribution in [0, 0.1) is 23.7 Å². The number of hydrogen-bond donors (Lipinski definition) is 1. The van der Waals surface area contributed by atoms with E-state index < -0.39 is 0 Å². The quantitative estimate of drug-likeness (QED) is 0.685. The van der Waals surface area contributed by atoms with Gasteiger partial charge in [-0.05, 0) is 50.6 Å². The molecule has 2 aliphatic rings. The van der Waals surface area contributed by atoms with Crippen molar-refractivity contribution in [1.82, 2.24) is 19.8 Å². The Morgan fingerprint density at radius 1 is 1.33 bits per heavy atom. The lowest BCUT2D eigenvalue weighted by Gasteiger charge is -2.37. The van der Waals surface area contributed by atoms with Crippen LogP contribution in [0.1, 0.15) is 48.2 Å². The molecule has 1 amide bonds. The second kappa shape index (κ2) is 10.3. The molecule has 1 N–H and O–H groups in total. The molecule has 1 fully saturated rings. The maximum Gasteiger partial charge on any atom is 0.259 e. The Morgan fingerprint density at radius 3 is 2.79 bits per heavy atom. The SMILES string of the molecule is C[C@@H]1CN([C@H](C)CO)C(=O)c2cc(C#CC3CC3)cnc2O[C@@H]1CN(C)Cc1ccncc1. The molecule has 0 radical (unpaired) electrons. The van der Waals surface area contributed by atoms with Crippen LogP contribution in [0.2, 0.25) is 0 Å². The topological polar surface area (TPSA) is 78.8 Å². The first-order valence-electron chi connectivity index (χ1n) is 11.6. The lowest BCUT2D eigenvalue weighted by atomic mass is 9.99. The first-order valence-corrected chi connectivity index (χ1v) is 11.6. The van der Waals surface area contributed by atoms with E-state index in [1.807, 2.05) is 19.1 Å². The van der Waals surface area contributed by atoms with Gasteiger partial charge in [-0.3, -0.25) is 14.7 Å². The fraction of sp³-hybridized carbons (Fsp3) is 0.500. The monoisotopic (exact) mass is 448 g/mol. The molecule has 0 spiro atoms. The molecule has 3 atom stereocenters. The molecular weight excluding hydrogens is 416 g/mol. The van der Waals surface area contributed by atoms with E-state index >= 15 is 0 Å². The minimum atomic E-state index is -0.303. The molecule has 2 aromatic rings. The molecule has 0 saturated heterocycles. The third-order valence-electron chi connectivity index (χ3n) is 6.21. The predicted octanol–water partition coefficient (Wildman–Crippen LogP) is 2.59. The molecule has 4 rings (SSSR count). The van der Waals surface area contributed by atoms with E-state index in [1.54, 1.807) is 29.6 Å². The molecule has 7 heteroatoms. The summed E-state index contributed by atoms with van der Waals surface area (Å²) in [6.07, 6.45) is 7.38. The second-order valence-corrected chi connectivity index (χ2v) is 9.30. The Morgan fingerprint density at radius 2 is 2.09 bits per heavy atom. The van der Waals surface area contributed by atoms with Gasteiger partial charge < -0.3 is 14.7 Å². The van der Waals surface area contributed by atoms with Crippen molar-refractivity contribution in [1.29, 1.82) is 0 Å². The maximum absolute atomic E-state index is 13.4. The van der Waals surface area contributed by atoms with E-state index in [0.717, 1.165) is 19.4 Å². The van der Waals surface area contributed by atoms with Crippen LogP contribution in [0.25, 0.3) is 0 Å². The van der Waals surface area contributed by atoms with Crippen molar-refractivity contribution >= 4 is 5.91 Å². The number of amides is 1. The largest absolute Gasteiger partial charge is 0.472 e. The molecular formula is C26H32N4O3. The van der Waals surface area contributed by atoms with Crippen LogP contribution in [0.15, 0.2) is 36.8 Å². The van der Waals surface area contributed by atoms with E-state index in [-0.39, 0.29) is 30.6 Å². The highest BCUT2D eigenvalue weighted by molar-refractivity contribution is 5.97. The summed E-state index contributed by atoms with van der Waals surface area (Å²) < 4.78 is 6.36. The van der Waals surface area contributed by atoms with E-state index in [0.29, 0.717) is 36.0 Å². The van der Waals surface area contributed by atoms with Crippen molar-refractivity contribution in [2.75, 3.05) is 26.7 Å². The lowest BCUT2D eigenvalue weighted by Crippen LogP contribution is -2.49. The van der Waals surface area contributed by atoms with Crippen LogP contribution < -0.4 is 4.74 Å². The molecule has 174 valence electrons. The summed E-state index contributed by atoms with van der Waals surface area (Å²) >= 11 is 0. The molecule has 1 aliphatic carbocycles. The van der Waals surface area contributed by atoms with Crippen LogP contribution in [0.5, 0.6) is 5.88 Å². The number of aliphatic hydroxyl groups is 1. The van der Waals surface area contributed by atoms with Crippen LogP contribution >= 0.6 is 0 Å². The Labute approximate surface area is 195 Å². The first kappa shape index (κ1) is 23.2. The Hall–Kier alpha value is -2.95. The molecule has 0 unspecified atom stereocenters. The molecule has 0 aromatic carbocycles. The zero-order chi connectivity index (χ0) is 23.4. The average Bonchev–Trinajstić information content (AvgIpc) is 3.65. The normalized spacial score (nSPS) is 21.4. The minimum absolute atomic E-state index is 0.0483. The van der Waals surface area contributed by atoms with Gasteiger partial charge in [-0.25, -0.2) is 4.98 Å². The Balaban J connectivity index is 1.60.